The number of benzene rings is 3. The van der Waals surface area contributed by atoms with Crippen molar-refractivity contribution in [1.29, 1.82) is 0 Å². The molecule has 1 aliphatic rings. The van der Waals surface area contributed by atoms with Crippen LogP contribution in [0.3, 0.4) is 0 Å². The van der Waals surface area contributed by atoms with Gasteiger partial charge in [0.1, 0.15) is 12.6 Å². The predicted molar refractivity (Wildman–Crippen MR) is 169 cm³/mol. The molecule has 1 N–H and O–H groups in total. The van der Waals surface area contributed by atoms with Crippen LogP contribution in [-0.4, -0.2) is 43.8 Å². The van der Waals surface area contributed by atoms with Crippen molar-refractivity contribution in [1.82, 2.24) is 10.2 Å². The number of halogens is 3. The maximum absolute atomic E-state index is 14.1. The molecule has 0 spiro atoms. The molecule has 1 atom stereocenters. The number of hydrogen-bond donors (Lipinski definition) is 1. The number of carbonyl (C=O) groups is 2. The molecule has 1 fully saturated rings. The van der Waals surface area contributed by atoms with Gasteiger partial charge in [0, 0.05) is 17.6 Å². The average molecular weight is 651 g/mol. The Bertz CT molecular complexity index is 1530. The SMILES string of the molecule is Cc1ccc(Cl)cc1N(CC(=O)N(Cc1ccc(Cl)c(Cl)c1)[C@H](C)C(=O)NC1CCCCC1)S(=O)(=O)c1ccccc1. The Labute approximate surface area is 262 Å². The molecule has 0 unspecified atom stereocenters. The number of hydrogen-bond acceptors (Lipinski definition) is 4. The second-order valence-corrected chi connectivity index (χ2v) is 13.7. The van der Waals surface area contributed by atoms with Crippen LogP contribution in [-0.2, 0) is 26.2 Å². The van der Waals surface area contributed by atoms with E-state index in [1.807, 2.05) is 0 Å². The molecule has 0 aliphatic heterocycles. The quantitative estimate of drug-likeness (QED) is 0.256. The van der Waals surface area contributed by atoms with Gasteiger partial charge in [-0.05, 0) is 74.2 Å². The van der Waals surface area contributed by atoms with E-state index in [2.05, 4.69) is 5.32 Å². The van der Waals surface area contributed by atoms with E-state index in [1.165, 1.54) is 23.1 Å². The minimum absolute atomic E-state index is 0.0166. The molecule has 0 heterocycles. The molecule has 3 aromatic carbocycles. The van der Waals surface area contributed by atoms with Crippen LogP contribution >= 0.6 is 34.8 Å². The summed E-state index contributed by atoms with van der Waals surface area (Å²) in [6.45, 7) is 2.86. The van der Waals surface area contributed by atoms with Crippen LogP contribution in [0, 0.1) is 6.92 Å². The Morgan fingerprint density at radius 3 is 2.29 bits per heavy atom. The molecule has 224 valence electrons. The number of rotatable bonds is 10. The van der Waals surface area contributed by atoms with Gasteiger partial charge in [-0.3, -0.25) is 13.9 Å². The highest BCUT2D eigenvalue weighted by molar-refractivity contribution is 7.92. The number of nitrogens with one attached hydrogen (secondary N) is 1. The van der Waals surface area contributed by atoms with Crippen molar-refractivity contribution < 1.29 is 18.0 Å². The molecule has 0 saturated heterocycles. The van der Waals surface area contributed by atoms with E-state index >= 15 is 0 Å². The Hall–Kier alpha value is -2.78. The van der Waals surface area contributed by atoms with Crippen LogP contribution in [0.5, 0.6) is 0 Å². The van der Waals surface area contributed by atoms with Crippen molar-refractivity contribution in [3.05, 3.63) is 92.9 Å². The maximum atomic E-state index is 14.1. The van der Waals surface area contributed by atoms with E-state index in [-0.39, 0.29) is 29.1 Å². The van der Waals surface area contributed by atoms with Gasteiger partial charge in [-0.25, -0.2) is 8.42 Å². The van der Waals surface area contributed by atoms with Crippen molar-refractivity contribution in [2.24, 2.45) is 0 Å². The van der Waals surface area contributed by atoms with Crippen molar-refractivity contribution in [2.45, 2.75) is 69.5 Å². The lowest BCUT2D eigenvalue weighted by Crippen LogP contribution is -2.53. The van der Waals surface area contributed by atoms with E-state index in [0.717, 1.165) is 36.4 Å². The summed E-state index contributed by atoms with van der Waals surface area (Å²) in [4.78, 5) is 29.0. The number of amides is 2. The number of aryl methyl sites for hydroxylation is 1. The van der Waals surface area contributed by atoms with Crippen LogP contribution in [0.2, 0.25) is 15.1 Å². The first-order valence-electron chi connectivity index (χ1n) is 13.8. The fourth-order valence-electron chi connectivity index (χ4n) is 5.07. The fraction of sp³-hybridized carbons (Fsp3) is 0.355. The van der Waals surface area contributed by atoms with Gasteiger partial charge in [0.25, 0.3) is 10.0 Å². The smallest absolute Gasteiger partial charge is 0.264 e. The third kappa shape index (κ3) is 7.78. The molecular weight excluding hydrogens is 617 g/mol. The van der Waals surface area contributed by atoms with E-state index in [9.17, 15) is 18.0 Å². The summed E-state index contributed by atoms with van der Waals surface area (Å²) in [5.41, 5.74) is 1.53. The minimum atomic E-state index is -4.19. The number of sulfonamides is 1. The van der Waals surface area contributed by atoms with Gasteiger partial charge in [0.05, 0.1) is 20.6 Å². The lowest BCUT2D eigenvalue weighted by Gasteiger charge is -2.33. The zero-order valence-electron chi connectivity index (χ0n) is 23.5. The number of carbonyl (C=O) groups excluding carboxylic acids is 2. The lowest BCUT2D eigenvalue weighted by molar-refractivity contribution is -0.139. The van der Waals surface area contributed by atoms with E-state index in [0.29, 0.717) is 26.2 Å². The standard InChI is InChI=1S/C31H34Cl3N3O4S/c1-21-13-15-24(32)18-29(21)37(42(40,41)26-11-7-4-8-12-26)20-30(38)36(19-23-14-16-27(33)28(34)17-23)22(2)31(39)35-25-9-5-3-6-10-25/h4,7-8,11-18,22,25H,3,5-6,9-10,19-20H2,1-2H3,(H,35,39)/t22-/m1/s1. The summed E-state index contributed by atoms with van der Waals surface area (Å²) in [6.07, 6.45) is 4.98. The van der Waals surface area contributed by atoms with Crippen molar-refractivity contribution in [2.75, 3.05) is 10.8 Å². The lowest BCUT2D eigenvalue weighted by atomic mass is 9.95. The summed E-state index contributed by atoms with van der Waals surface area (Å²) >= 11 is 18.7. The second-order valence-electron chi connectivity index (χ2n) is 10.5. The summed E-state index contributed by atoms with van der Waals surface area (Å²) < 4.78 is 29.0. The maximum Gasteiger partial charge on any atom is 0.264 e. The number of anilines is 1. The van der Waals surface area contributed by atoms with Gasteiger partial charge >= 0.3 is 0 Å². The highest BCUT2D eigenvalue weighted by atomic mass is 35.5. The topological polar surface area (TPSA) is 86.8 Å². The molecule has 1 aliphatic carbocycles. The Morgan fingerprint density at radius 1 is 0.929 bits per heavy atom. The summed E-state index contributed by atoms with van der Waals surface area (Å²) in [5.74, 6) is -0.863. The molecule has 11 heteroatoms. The van der Waals surface area contributed by atoms with Gasteiger partial charge in [0.2, 0.25) is 11.8 Å². The Kier molecular flexibility index (Phi) is 10.8. The normalized spacial score (nSPS) is 14.7. The third-order valence-electron chi connectivity index (χ3n) is 7.51. The summed E-state index contributed by atoms with van der Waals surface area (Å²) in [5, 5.41) is 4.08. The monoisotopic (exact) mass is 649 g/mol. The average Bonchev–Trinajstić information content (AvgIpc) is 2.98. The third-order valence-corrected chi connectivity index (χ3v) is 10.3. The molecule has 42 heavy (non-hydrogen) atoms. The van der Waals surface area contributed by atoms with Crippen molar-refractivity contribution in [3.63, 3.8) is 0 Å². The van der Waals surface area contributed by atoms with Gasteiger partial charge < -0.3 is 10.2 Å². The highest BCUT2D eigenvalue weighted by Crippen LogP contribution is 2.30. The zero-order chi connectivity index (χ0) is 30.4. The molecule has 2 amide bonds. The van der Waals surface area contributed by atoms with Crippen molar-refractivity contribution in [3.8, 4) is 0 Å². The molecule has 0 bridgehead atoms. The predicted octanol–water partition coefficient (Wildman–Crippen LogP) is 7.02. The van der Waals surface area contributed by atoms with Gasteiger partial charge in [0.15, 0.2) is 0 Å². The van der Waals surface area contributed by atoms with Crippen LogP contribution in [0.4, 0.5) is 5.69 Å². The van der Waals surface area contributed by atoms with Crippen LogP contribution < -0.4 is 9.62 Å². The first-order valence-corrected chi connectivity index (χ1v) is 16.4. The first-order chi connectivity index (χ1) is 20.0. The molecule has 1 saturated carbocycles. The highest BCUT2D eigenvalue weighted by Gasteiger charge is 2.34. The van der Waals surface area contributed by atoms with E-state index in [1.54, 1.807) is 62.4 Å². The summed E-state index contributed by atoms with van der Waals surface area (Å²) in [7, 11) is -4.19. The molecule has 0 aromatic heterocycles. The molecule has 7 nitrogen and oxygen atoms in total. The first kappa shape index (κ1) is 32.1. The number of nitrogens with zero attached hydrogens (tertiary/aromatic N) is 2. The van der Waals surface area contributed by atoms with Gasteiger partial charge in [-0.15, -0.1) is 0 Å². The van der Waals surface area contributed by atoms with Crippen LogP contribution in [0.1, 0.15) is 50.2 Å². The molecule has 3 aromatic rings. The molecular formula is C31H34Cl3N3O4S. The molecule has 0 radical (unpaired) electrons. The molecule has 4 rings (SSSR count). The van der Waals surface area contributed by atoms with Crippen LogP contribution in [0.25, 0.3) is 0 Å². The van der Waals surface area contributed by atoms with Gasteiger partial charge in [-0.1, -0.05) is 84.4 Å². The zero-order valence-corrected chi connectivity index (χ0v) is 26.6. The largest absolute Gasteiger partial charge is 0.352 e. The Balaban J connectivity index is 1.71. The van der Waals surface area contributed by atoms with E-state index in [4.69, 9.17) is 34.8 Å². The second kappa shape index (κ2) is 14.1. The fourth-order valence-corrected chi connectivity index (χ4v) is 7.05. The van der Waals surface area contributed by atoms with Gasteiger partial charge in [-0.2, -0.15) is 0 Å². The van der Waals surface area contributed by atoms with Crippen LogP contribution in [0.15, 0.2) is 71.6 Å². The summed E-state index contributed by atoms with van der Waals surface area (Å²) in [6, 6.07) is 16.9. The minimum Gasteiger partial charge on any atom is -0.352 e. The van der Waals surface area contributed by atoms with E-state index < -0.39 is 28.5 Å². The Morgan fingerprint density at radius 2 is 1.62 bits per heavy atom. The van der Waals surface area contributed by atoms with Crippen molar-refractivity contribution >= 4 is 62.3 Å².